The Bertz CT molecular complexity index is 1250. The minimum absolute atomic E-state index is 0.113. The largest absolute Gasteiger partial charge is 0.321 e. The van der Waals surface area contributed by atoms with Gasteiger partial charge in [-0.2, -0.15) is 0 Å². The zero-order valence-electron chi connectivity index (χ0n) is 18.1. The molecule has 1 amide bonds. The molecule has 0 saturated carbocycles. The van der Waals surface area contributed by atoms with E-state index in [1.54, 1.807) is 0 Å². The highest BCUT2D eigenvalue weighted by Crippen LogP contribution is 2.29. The van der Waals surface area contributed by atoms with Gasteiger partial charge in [0.25, 0.3) is 5.91 Å². The van der Waals surface area contributed by atoms with Crippen molar-refractivity contribution in [3.8, 4) is 11.3 Å². The highest BCUT2D eigenvalue weighted by atomic mass is 16.1. The second-order valence-electron chi connectivity index (χ2n) is 8.12. The van der Waals surface area contributed by atoms with Crippen molar-refractivity contribution in [2.75, 3.05) is 5.32 Å². The zero-order chi connectivity index (χ0) is 21.4. The van der Waals surface area contributed by atoms with Gasteiger partial charge in [0, 0.05) is 16.6 Å². The second-order valence-corrected chi connectivity index (χ2v) is 8.12. The van der Waals surface area contributed by atoms with Crippen molar-refractivity contribution in [1.29, 1.82) is 0 Å². The molecular weight excluding hydrogens is 368 g/mol. The number of fused-ring (bicyclic) bond motifs is 1. The molecule has 3 heteroatoms. The summed E-state index contributed by atoms with van der Waals surface area (Å²) in [6, 6.07) is 20.4. The van der Waals surface area contributed by atoms with Crippen molar-refractivity contribution >= 4 is 22.5 Å². The summed E-state index contributed by atoms with van der Waals surface area (Å²) >= 11 is 0. The van der Waals surface area contributed by atoms with Crippen LogP contribution >= 0.6 is 0 Å². The first-order chi connectivity index (χ1) is 14.3. The number of aryl methyl sites for hydroxylation is 5. The van der Waals surface area contributed by atoms with Gasteiger partial charge in [-0.15, -0.1) is 0 Å². The molecule has 0 aliphatic rings. The number of hydrogen-bond acceptors (Lipinski definition) is 2. The summed E-state index contributed by atoms with van der Waals surface area (Å²) < 4.78 is 0. The number of carbonyl (C=O) groups is 1. The van der Waals surface area contributed by atoms with Crippen molar-refractivity contribution < 1.29 is 4.79 Å². The third-order valence-electron chi connectivity index (χ3n) is 5.56. The maximum absolute atomic E-state index is 13.5. The van der Waals surface area contributed by atoms with Crippen LogP contribution in [0.15, 0.2) is 60.7 Å². The van der Waals surface area contributed by atoms with Gasteiger partial charge in [-0.1, -0.05) is 59.7 Å². The lowest BCUT2D eigenvalue weighted by Gasteiger charge is -2.15. The van der Waals surface area contributed by atoms with Gasteiger partial charge in [0.2, 0.25) is 0 Å². The maximum atomic E-state index is 13.5. The predicted molar refractivity (Wildman–Crippen MR) is 125 cm³/mol. The first-order valence-corrected chi connectivity index (χ1v) is 10.2. The molecule has 0 bridgehead atoms. The van der Waals surface area contributed by atoms with Gasteiger partial charge in [-0.25, -0.2) is 4.98 Å². The van der Waals surface area contributed by atoms with E-state index in [-0.39, 0.29) is 5.91 Å². The summed E-state index contributed by atoms with van der Waals surface area (Å²) in [4.78, 5) is 18.4. The number of anilines is 1. The molecule has 150 valence electrons. The van der Waals surface area contributed by atoms with E-state index in [1.165, 1.54) is 5.56 Å². The van der Waals surface area contributed by atoms with Gasteiger partial charge in [0.1, 0.15) is 0 Å². The maximum Gasteiger partial charge on any atom is 0.256 e. The van der Waals surface area contributed by atoms with Crippen LogP contribution in [0.4, 0.5) is 5.69 Å². The third-order valence-corrected chi connectivity index (χ3v) is 5.56. The lowest BCUT2D eigenvalue weighted by Crippen LogP contribution is -2.15. The Labute approximate surface area is 177 Å². The van der Waals surface area contributed by atoms with Crippen molar-refractivity contribution in [3.05, 3.63) is 94.0 Å². The van der Waals surface area contributed by atoms with Gasteiger partial charge in [0.05, 0.1) is 16.8 Å². The number of carbonyl (C=O) groups excluding carboxylic acids is 1. The van der Waals surface area contributed by atoms with E-state index in [4.69, 9.17) is 4.98 Å². The number of nitrogens with zero attached hydrogens (tertiary/aromatic N) is 1. The molecule has 0 atom stereocenters. The van der Waals surface area contributed by atoms with Gasteiger partial charge >= 0.3 is 0 Å². The Morgan fingerprint density at radius 3 is 2.10 bits per heavy atom. The fourth-order valence-electron chi connectivity index (χ4n) is 3.93. The molecule has 0 saturated heterocycles. The molecular formula is C27H26N2O. The predicted octanol–water partition coefficient (Wildman–Crippen LogP) is 6.70. The Morgan fingerprint density at radius 2 is 1.43 bits per heavy atom. The highest BCUT2D eigenvalue weighted by molar-refractivity contribution is 6.14. The van der Waals surface area contributed by atoms with Crippen LogP contribution in [-0.2, 0) is 0 Å². The van der Waals surface area contributed by atoms with E-state index in [0.717, 1.165) is 50.1 Å². The molecule has 3 nitrogen and oxygen atoms in total. The molecule has 0 radical (unpaired) electrons. The first-order valence-electron chi connectivity index (χ1n) is 10.2. The molecule has 1 N–H and O–H groups in total. The average molecular weight is 395 g/mol. The number of benzene rings is 3. The van der Waals surface area contributed by atoms with E-state index in [0.29, 0.717) is 5.56 Å². The third kappa shape index (κ3) is 3.71. The van der Waals surface area contributed by atoms with Crippen molar-refractivity contribution in [2.24, 2.45) is 0 Å². The second kappa shape index (κ2) is 7.75. The monoisotopic (exact) mass is 394 g/mol. The number of amides is 1. The van der Waals surface area contributed by atoms with E-state index < -0.39 is 0 Å². The fraction of sp³-hybridized carbons (Fsp3) is 0.185. The number of para-hydroxylation sites is 1. The number of rotatable bonds is 3. The Kier molecular flexibility index (Phi) is 5.13. The minimum atomic E-state index is -0.113. The Morgan fingerprint density at radius 1 is 0.767 bits per heavy atom. The van der Waals surface area contributed by atoms with Gasteiger partial charge in [-0.3, -0.25) is 4.79 Å². The lowest BCUT2D eigenvalue weighted by molar-refractivity contribution is 0.102. The van der Waals surface area contributed by atoms with E-state index >= 15 is 0 Å². The SMILES string of the molecule is Cc1ccc(-c2cc(C(=O)Nc3c(C)cccc3C)c3cc(C)cc(C)c3n2)cc1. The summed E-state index contributed by atoms with van der Waals surface area (Å²) in [5.41, 5.74) is 9.67. The quantitative estimate of drug-likeness (QED) is 0.420. The van der Waals surface area contributed by atoms with Crippen molar-refractivity contribution in [1.82, 2.24) is 4.98 Å². The van der Waals surface area contributed by atoms with E-state index in [1.807, 2.05) is 51.1 Å². The molecule has 0 fully saturated rings. The summed E-state index contributed by atoms with van der Waals surface area (Å²) in [5.74, 6) is -0.113. The van der Waals surface area contributed by atoms with Gasteiger partial charge in [-0.05, 0) is 63.4 Å². The van der Waals surface area contributed by atoms with Crippen LogP contribution in [0.25, 0.3) is 22.2 Å². The van der Waals surface area contributed by atoms with Crippen molar-refractivity contribution in [3.63, 3.8) is 0 Å². The van der Waals surface area contributed by atoms with E-state index in [2.05, 4.69) is 49.5 Å². The smallest absolute Gasteiger partial charge is 0.256 e. The zero-order valence-corrected chi connectivity index (χ0v) is 18.1. The molecule has 3 aromatic carbocycles. The lowest BCUT2D eigenvalue weighted by atomic mass is 9.98. The number of pyridine rings is 1. The van der Waals surface area contributed by atoms with Crippen LogP contribution < -0.4 is 5.32 Å². The molecule has 4 aromatic rings. The summed E-state index contributed by atoms with van der Waals surface area (Å²) in [5, 5.41) is 4.03. The standard InChI is InChI=1S/C27H26N2O/c1-16-9-11-21(12-10-16)24-15-23(22-14-17(2)13-20(5)26(22)28-24)27(30)29-25-18(3)7-6-8-19(25)4/h6-15H,1-5H3,(H,29,30). The number of hydrogen-bond donors (Lipinski definition) is 1. The number of aromatic nitrogens is 1. The number of nitrogens with one attached hydrogen (secondary N) is 1. The van der Waals surface area contributed by atoms with Crippen LogP contribution in [0, 0.1) is 34.6 Å². The van der Waals surface area contributed by atoms with Crippen LogP contribution in [-0.4, -0.2) is 10.9 Å². The van der Waals surface area contributed by atoms with Crippen molar-refractivity contribution in [2.45, 2.75) is 34.6 Å². The summed E-state index contributed by atoms with van der Waals surface area (Å²) in [6.45, 7) is 10.2. The Hall–Kier alpha value is -3.46. The first kappa shape index (κ1) is 19.8. The molecule has 0 aliphatic carbocycles. The topological polar surface area (TPSA) is 42.0 Å². The average Bonchev–Trinajstić information content (AvgIpc) is 2.70. The fourth-order valence-corrected chi connectivity index (χ4v) is 3.93. The normalized spacial score (nSPS) is 11.0. The van der Waals surface area contributed by atoms with Gasteiger partial charge < -0.3 is 5.32 Å². The van der Waals surface area contributed by atoms with Crippen LogP contribution in [0.3, 0.4) is 0 Å². The van der Waals surface area contributed by atoms with E-state index in [9.17, 15) is 4.79 Å². The molecule has 4 rings (SSSR count). The molecule has 0 spiro atoms. The summed E-state index contributed by atoms with van der Waals surface area (Å²) in [6.07, 6.45) is 0. The Balaban J connectivity index is 1.90. The molecule has 1 aromatic heterocycles. The van der Waals surface area contributed by atoms with Gasteiger partial charge in [0.15, 0.2) is 0 Å². The highest BCUT2D eigenvalue weighted by Gasteiger charge is 2.17. The minimum Gasteiger partial charge on any atom is -0.321 e. The summed E-state index contributed by atoms with van der Waals surface area (Å²) in [7, 11) is 0. The molecule has 1 heterocycles. The van der Waals surface area contributed by atoms with Crippen LogP contribution in [0.2, 0.25) is 0 Å². The van der Waals surface area contributed by atoms with Crippen LogP contribution in [0.5, 0.6) is 0 Å². The molecule has 0 unspecified atom stereocenters. The molecule has 30 heavy (non-hydrogen) atoms. The van der Waals surface area contributed by atoms with Crippen LogP contribution in [0.1, 0.15) is 38.2 Å². The molecule has 0 aliphatic heterocycles.